The topological polar surface area (TPSA) is 81.1 Å². The Morgan fingerprint density at radius 1 is 1.85 bits per heavy atom. The Hall–Kier alpha value is -1.36. The molecule has 5 nitrogen and oxygen atoms in total. The van der Waals surface area contributed by atoms with Gasteiger partial charge in [-0.25, -0.2) is 0 Å². The van der Waals surface area contributed by atoms with E-state index in [1.807, 2.05) is 13.0 Å². The summed E-state index contributed by atoms with van der Waals surface area (Å²) in [6.45, 7) is 1.86. The number of aromatic nitrogens is 2. The molecule has 13 heavy (non-hydrogen) atoms. The molecular weight excluding hydrogens is 170 g/mol. The maximum Gasteiger partial charge on any atom is 0.320 e. The molecule has 0 amide bonds. The minimum absolute atomic E-state index is 0.312. The Morgan fingerprint density at radius 2 is 2.46 bits per heavy atom. The van der Waals surface area contributed by atoms with Gasteiger partial charge < -0.3 is 10.8 Å². The summed E-state index contributed by atoms with van der Waals surface area (Å²) in [6, 6.07) is 0.984. The molecule has 72 valence electrons. The third-order valence-corrected chi connectivity index (χ3v) is 1.85. The summed E-state index contributed by atoms with van der Waals surface area (Å²) in [4.78, 5) is 10.5. The van der Waals surface area contributed by atoms with Crippen LogP contribution < -0.4 is 5.73 Å². The van der Waals surface area contributed by atoms with Crippen molar-refractivity contribution in [3.05, 3.63) is 17.5 Å². The summed E-state index contributed by atoms with van der Waals surface area (Å²) in [5.41, 5.74) is 7.10. The first-order valence-electron chi connectivity index (χ1n) is 3.98. The van der Waals surface area contributed by atoms with Crippen molar-refractivity contribution in [2.24, 2.45) is 12.8 Å². The van der Waals surface area contributed by atoms with Crippen LogP contribution in [0.4, 0.5) is 0 Å². The highest BCUT2D eigenvalue weighted by Crippen LogP contribution is 2.04. The van der Waals surface area contributed by atoms with Crippen LogP contribution >= 0.6 is 0 Å². The van der Waals surface area contributed by atoms with Crippen molar-refractivity contribution in [1.29, 1.82) is 0 Å². The van der Waals surface area contributed by atoms with E-state index >= 15 is 0 Å². The molecule has 0 spiro atoms. The van der Waals surface area contributed by atoms with Gasteiger partial charge in [-0.15, -0.1) is 0 Å². The van der Waals surface area contributed by atoms with Gasteiger partial charge >= 0.3 is 5.97 Å². The lowest BCUT2D eigenvalue weighted by atomic mass is 10.1. The van der Waals surface area contributed by atoms with Crippen LogP contribution in [-0.2, 0) is 18.3 Å². The molecule has 5 heteroatoms. The van der Waals surface area contributed by atoms with Crippen LogP contribution in [0.5, 0.6) is 0 Å². The van der Waals surface area contributed by atoms with Gasteiger partial charge in [-0.05, 0) is 13.0 Å². The Kier molecular flexibility index (Phi) is 2.67. The molecule has 0 saturated carbocycles. The zero-order chi connectivity index (χ0) is 10.0. The molecule has 1 aromatic rings. The Balaban J connectivity index is 2.74. The van der Waals surface area contributed by atoms with Gasteiger partial charge in [-0.1, -0.05) is 0 Å². The highest BCUT2D eigenvalue weighted by atomic mass is 16.4. The molecular formula is C8H13N3O2. The van der Waals surface area contributed by atoms with Crippen molar-refractivity contribution in [1.82, 2.24) is 9.78 Å². The summed E-state index contributed by atoms with van der Waals surface area (Å²) in [5, 5.41) is 12.7. The minimum Gasteiger partial charge on any atom is -0.480 e. The highest BCUT2D eigenvalue weighted by Gasteiger charge is 2.14. The first-order valence-corrected chi connectivity index (χ1v) is 3.98. The molecule has 0 bridgehead atoms. The fourth-order valence-corrected chi connectivity index (χ4v) is 1.17. The molecule has 1 atom stereocenters. The van der Waals surface area contributed by atoms with E-state index < -0.39 is 12.0 Å². The summed E-state index contributed by atoms with van der Waals surface area (Å²) in [6.07, 6.45) is 0.312. The van der Waals surface area contributed by atoms with Crippen LogP contribution in [0.3, 0.4) is 0 Å². The number of rotatable bonds is 3. The predicted molar refractivity (Wildman–Crippen MR) is 47.3 cm³/mol. The van der Waals surface area contributed by atoms with Crippen LogP contribution in [0.25, 0.3) is 0 Å². The molecule has 0 radical (unpaired) electrons. The van der Waals surface area contributed by atoms with Gasteiger partial charge in [0.25, 0.3) is 0 Å². The van der Waals surface area contributed by atoms with Gasteiger partial charge in [0.05, 0.1) is 5.69 Å². The first-order chi connectivity index (χ1) is 6.00. The second kappa shape index (κ2) is 3.57. The zero-order valence-corrected chi connectivity index (χ0v) is 7.69. The Morgan fingerprint density at radius 3 is 2.85 bits per heavy atom. The molecule has 0 aliphatic rings. The highest BCUT2D eigenvalue weighted by molar-refractivity contribution is 5.73. The van der Waals surface area contributed by atoms with Gasteiger partial charge in [0.2, 0.25) is 0 Å². The SMILES string of the molecule is Cc1cc(C[C@@H](N)C(=O)O)n(C)n1. The van der Waals surface area contributed by atoms with E-state index in [1.54, 1.807) is 11.7 Å². The van der Waals surface area contributed by atoms with E-state index in [1.165, 1.54) is 0 Å². The van der Waals surface area contributed by atoms with Crippen LogP contribution in [0.1, 0.15) is 11.4 Å². The number of carbonyl (C=O) groups is 1. The second-order valence-corrected chi connectivity index (χ2v) is 3.05. The fourth-order valence-electron chi connectivity index (χ4n) is 1.17. The number of hydrogen-bond acceptors (Lipinski definition) is 3. The molecule has 0 saturated heterocycles. The summed E-state index contributed by atoms with van der Waals surface area (Å²) in [5.74, 6) is -0.987. The zero-order valence-electron chi connectivity index (χ0n) is 7.69. The van der Waals surface area contributed by atoms with E-state index in [4.69, 9.17) is 10.8 Å². The Labute approximate surface area is 76.2 Å². The molecule has 1 aromatic heterocycles. The van der Waals surface area contributed by atoms with Crippen LogP contribution in [0.2, 0.25) is 0 Å². The fraction of sp³-hybridized carbons (Fsp3) is 0.500. The van der Waals surface area contributed by atoms with Crippen molar-refractivity contribution in [3.63, 3.8) is 0 Å². The first kappa shape index (κ1) is 9.73. The number of aliphatic carboxylic acids is 1. The van der Waals surface area contributed by atoms with Gasteiger partial charge in [0, 0.05) is 19.2 Å². The number of carboxylic acid groups (broad SMARTS) is 1. The van der Waals surface area contributed by atoms with E-state index in [0.717, 1.165) is 11.4 Å². The monoisotopic (exact) mass is 183 g/mol. The maximum absolute atomic E-state index is 10.5. The molecule has 1 rings (SSSR count). The predicted octanol–water partition coefficient (Wildman–Crippen LogP) is -0.317. The van der Waals surface area contributed by atoms with Crippen molar-refractivity contribution < 1.29 is 9.90 Å². The molecule has 0 unspecified atom stereocenters. The number of hydrogen-bond donors (Lipinski definition) is 2. The van der Waals surface area contributed by atoms with E-state index in [-0.39, 0.29) is 0 Å². The van der Waals surface area contributed by atoms with Gasteiger partial charge in [-0.2, -0.15) is 5.10 Å². The molecule has 0 fully saturated rings. The minimum atomic E-state index is -0.987. The third kappa shape index (κ3) is 2.29. The molecule has 3 N–H and O–H groups in total. The lowest BCUT2D eigenvalue weighted by molar-refractivity contribution is -0.138. The molecule has 0 aliphatic heterocycles. The Bertz CT molecular complexity index is 319. The van der Waals surface area contributed by atoms with Crippen molar-refractivity contribution in [2.75, 3.05) is 0 Å². The van der Waals surface area contributed by atoms with Crippen molar-refractivity contribution in [2.45, 2.75) is 19.4 Å². The van der Waals surface area contributed by atoms with E-state index in [2.05, 4.69) is 5.10 Å². The van der Waals surface area contributed by atoms with Crippen molar-refractivity contribution in [3.8, 4) is 0 Å². The van der Waals surface area contributed by atoms with E-state index in [9.17, 15) is 4.79 Å². The number of nitrogens with zero attached hydrogens (tertiary/aromatic N) is 2. The average molecular weight is 183 g/mol. The molecule has 0 aliphatic carbocycles. The summed E-state index contributed by atoms with van der Waals surface area (Å²) >= 11 is 0. The van der Waals surface area contributed by atoms with E-state index in [0.29, 0.717) is 6.42 Å². The molecule has 1 heterocycles. The lowest BCUT2D eigenvalue weighted by Crippen LogP contribution is -2.32. The summed E-state index contributed by atoms with van der Waals surface area (Å²) < 4.78 is 1.65. The standard InChI is InChI=1S/C8H13N3O2/c1-5-3-6(11(2)10-5)4-7(9)8(12)13/h3,7H,4,9H2,1-2H3,(H,12,13)/t7-/m1/s1. The van der Waals surface area contributed by atoms with Crippen LogP contribution in [0, 0.1) is 6.92 Å². The average Bonchev–Trinajstić information content (AvgIpc) is 2.30. The van der Waals surface area contributed by atoms with Gasteiger partial charge in [-0.3, -0.25) is 9.48 Å². The summed E-state index contributed by atoms with van der Waals surface area (Å²) in [7, 11) is 1.77. The van der Waals surface area contributed by atoms with Crippen LogP contribution in [0.15, 0.2) is 6.07 Å². The second-order valence-electron chi connectivity index (χ2n) is 3.05. The normalized spacial score (nSPS) is 12.8. The number of nitrogens with two attached hydrogens (primary N) is 1. The molecule has 0 aromatic carbocycles. The van der Waals surface area contributed by atoms with Crippen LogP contribution in [-0.4, -0.2) is 26.9 Å². The smallest absolute Gasteiger partial charge is 0.320 e. The largest absolute Gasteiger partial charge is 0.480 e. The third-order valence-electron chi connectivity index (χ3n) is 1.85. The van der Waals surface area contributed by atoms with Gasteiger partial charge in [0.1, 0.15) is 6.04 Å². The maximum atomic E-state index is 10.5. The number of carboxylic acids is 1. The quantitative estimate of drug-likeness (QED) is 0.673. The van der Waals surface area contributed by atoms with Crippen molar-refractivity contribution >= 4 is 5.97 Å². The lowest BCUT2D eigenvalue weighted by Gasteiger charge is -2.05. The van der Waals surface area contributed by atoms with Gasteiger partial charge in [0.15, 0.2) is 0 Å². The number of aryl methyl sites for hydroxylation is 2.